The van der Waals surface area contributed by atoms with Crippen molar-refractivity contribution < 1.29 is 0 Å². The van der Waals surface area contributed by atoms with Gasteiger partial charge >= 0.3 is 0 Å². The van der Waals surface area contributed by atoms with Gasteiger partial charge in [0.2, 0.25) is 0 Å². The van der Waals surface area contributed by atoms with Crippen LogP contribution in [0.1, 0.15) is 52.9 Å². The van der Waals surface area contributed by atoms with Gasteiger partial charge in [-0.1, -0.05) is 40.0 Å². The normalized spacial score (nSPS) is 21.4. The monoisotopic (exact) mass is 226 g/mol. The van der Waals surface area contributed by atoms with E-state index >= 15 is 0 Å². The summed E-state index contributed by atoms with van der Waals surface area (Å²) in [4.78, 5) is 2.50. The first kappa shape index (κ1) is 14.0. The maximum Gasteiger partial charge on any atom is 0.0243 e. The van der Waals surface area contributed by atoms with Crippen LogP contribution >= 0.6 is 0 Å². The summed E-state index contributed by atoms with van der Waals surface area (Å²) in [5, 5.41) is 0. The topological polar surface area (TPSA) is 29.3 Å². The molecule has 96 valence electrons. The van der Waals surface area contributed by atoms with Crippen LogP contribution in [-0.2, 0) is 0 Å². The minimum absolute atomic E-state index is 0.372. The summed E-state index contributed by atoms with van der Waals surface area (Å²) in [7, 11) is 2.25. The fraction of sp³-hybridized carbons (Fsp3) is 1.00. The highest BCUT2D eigenvalue weighted by Crippen LogP contribution is 2.29. The Hall–Kier alpha value is -0.0800. The van der Waals surface area contributed by atoms with Crippen molar-refractivity contribution >= 4 is 0 Å². The fourth-order valence-electron chi connectivity index (χ4n) is 3.12. The molecule has 2 nitrogen and oxygen atoms in total. The van der Waals surface area contributed by atoms with Crippen molar-refractivity contribution in [3.8, 4) is 0 Å². The molecule has 1 fully saturated rings. The summed E-state index contributed by atoms with van der Waals surface area (Å²) in [5.41, 5.74) is 6.35. The van der Waals surface area contributed by atoms with Gasteiger partial charge in [-0.05, 0) is 31.2 Å². The average molecular weight is 226 g/mol. The summed E-state index contributed by atoms with van der Waals surface area (Å²) in [6, 6.07) is 0.597. The molecule has 0 heterocycles. The summed E-state index contributed by atoms with van der Waals surface area (Å²) in [5.74, 6) is 0.839. The summed E-state index contributed by atoms with van der Waals surface area (Å²) < 4.78 is 0. The van der Waals surface area contributed by atoms with Crippen molar-refractivity contribution in [3.05, 3.63) is 0 Å². The van der Waals surface area contributed by atoms with E-state index in [2.05, 4.69) is 32.7 Å². The van der Waals surface area contributed by atoms with Crippen LogP contribution in [0.3, 0.4) is 0 Å². The number of nitrogens with zero attached hydrogens (tertiary/aromatic N) is 1. The molecule has 16 heavy (non-hydrogen) atoms. The summed E-state index contributed by atoms with van der Waals surface area (Å²) >= 11 is 0. The zero-order chi connectivity index (χ0) is 12.2. The molecule has 0 radical (unpaired) electrons. The Kier molecular flexibility index (Phi) is 5.26. The van der Waals surface area contributed by atoms with E-state index in [0.29, 0.717) is 11.5 Å². The van der Waals surface area contributed by atoms with Gasteiger partial charge < -0.3 is 10.6 Å². The first-order chi connectivity index (χ1) is 7.44. The average Bonchev–Trinajstić information content (AvgIpc) is 2.17. The number of likely N-dealkylation sites (N-methyl/N-ethyl adjacent to an activating group) is 1. The predicted octanol–water partition coefficient (Wildman–Crippen LogP) is 2.87. The standard InChI is InChI=1S/C14H30N2/c1-14(2,3)11-16(4)13(10-15)12-8-6-5-7-9-12/h12-13H,5-11,15H2,1-4H3. The predicted molar refractivity (Wildman–Crippen MR) is 71.5 cm³/mol. The quantitative estimate of drug-likeness (QED) is 0.798. The smallest absolute Gasteiger partial charge is 0.0243 e. The van der Waals surface area contributed by atoms with Crippen molar-refractivity contribution in [3.63, 3.8) is 0 Å². The van der Waals surface area contributed by atoms with Crippen LogP contribution in [0.25, 0.3) is 0 Å². The molecule has 1 aliphatic rings. The van der Waals surface area contributed by atoms with Crippen LogP contribution in [0, 0.1) is 11.3 Å². The zero-order valence-corrected chi connectivity index (χ0v) is 11.6. The highest BCUT2D eigenvalue weighted by Gasteiger charge is 2.27. The fourth-order valence-corrected chi connectivity index (χ4v) is 3.12. The minimum Gasteiger partial charge on any atom is -0.329 e. The molecule has 0 bridgehead atoms. The summed E-state index contributed by atoms with van der Waals surface area (Å²) in [6.07, 6.45) is 7.01. The second kappa shape index (κ2) is 6.02. The van der Waals surface area contributed by atoms with Crippen molar-refractivity contribution in [1.29, 1.82) is 0 Å². The van der Waals surface area contributed by atoms with E-state index < -0.39 is 0 Å². The third-order valence-electron chi connectivity index (χ3n) is 3.73. The number of nitrogens with two attached hydrogens (primary N) is 1. The molecule has 2 heteroatoms. The second-order valence-electron chi connectivity index (χ2n) is 6.68. The molecule has 0 aromatic heterocycles. The molecule has 1 saturated carbocycles. The van der Waals surface area contributed by atoms with Gasteiger partial charge in [0.15, 0.2) is 0 Å². The SMILES string of the molecule is CN(CC(C)(C)C)C(CN)C1CCCCC1. The number of rotatable bonds is 4. The van der Waals surface area contributed by atoms with E-state index in [4.69, 9.17) is 5.73 Å². The Bertz CT molecular complexity index is 189. The lowest BCUT2D eigenvalue weighted by atomic mass is 9.82. The van der Waals surface area contributed by atoms with Gasteiger partial charge in [-0.15, -0.1) is 0 Å². The molecule has 1 rings (SSSR count). The van der Waals surface area contributed by atoms with Gasteiger partial charge in [0.25, 0.3) is 0 Å². The highest BCUT2D eigenvalue weighted by atomic mass is 15.1. The molecule has 0 aliphatic heterocycles. The van der Waals surface area contributed by atoms with E-state index in [1.54, 1.807) is 0 Å². The molecule has 0 aromatic carbocycles. The molecule has 1 unspecified atom stereocenters. The van der Waals surface area contributed by atoms with Crippen LogP contribution in [0.2, 0.25) is 0 Å². The molecule has 0 amide bonds. The third-order valence-corrected chi connectivity index (χ3v) is 3.73. The van der Waals surface area contributed by atoms with Crippen molar-refractivity contribution in [2.24, 2.45) is 17.1 Å². The van der Waals surface area contributed by atoms with Crippen molar-refractivity contribution in [2.75, 3.05) is 20.1 Å². The largest absolute Gasteiger partial charge is 0.329 e. The lowest BCUT2D eigenvalue weighted by Crippen LogP contribution is -2.47. The van der Waals surface area contributed by atoms with E-state index in [1.807, 2.05) is 0 Å². The van der Waals surface area contributed by atoms with Crippen LogP contribution in [0.4, 0.5) is 0 Å². The lowest BCUT2D eigenvalue weighted by molar-refractivity contribution is 0.113. The minimum atomic E-state index is 0.372. The molecule has 1 atom stereocenters. The highest BCUT2D eigenvalue weighted by molar-refractivity contribution is 4.83. The number of hydrogen-bond acceptors (Lipinski definition) is 2. The Balaban J connectivity index is 2.51. The van der Waals surface area contributed by atoms with Gasteiger partial charge in [0, 0.05) is 19.1 Å². The Labute approximate surface area is 102 Å². The van der Waals surface area contributed by atoms with E-state index in [1.165, 1.54) is 32.1 Å². The maximum absolute atomic E-state index is 5.98. The van der Waals surface area contributed by atoms with Crippen molar-refractivity contribution in [2.45, 2.75) is 58.9 Å². The van der Waals surface area contributed by atoms with E-state index in [0.717, 1.165) is 19.0 Å². The summed E-state index contributed by atoms with van der Waals surface area (Å²) in [6.45, 7) is 8.87. The Morgan fingerprint density at radius 3 is 2.19 bits per heavy atom. The Morgan fingerprint density at radius 2 is 1.75 bits per heavy atom. The third kappa shape index (κ3) is 4.42. The van der Waals surface area contributed by atoms with Crippen molar-refractivity contribution in [1.82, 2.24) is 4.90 Å². The van der Waals surface area contributed by atoms with Crippen LogP contribution < -0.4 is 5.73 Å². The Morgan fingerprint density at radius 1 is 1.19 bits per heavy atom. The first-order valence-corrected chi connectivity index (χ1v) is 6.84. The lowest BCUT2D eigenvalue weighted by Gasteiger charge is -2.39. The first-order valence-electron chi connectivity index (χ1n) is 6.84. The van der Waals surface area contributed by atoms with Crippen LogP contribution in [0.15, 0.2) is 0 Å². The van der Waals surface area contributed by atoms with Gasteiger partial charge in [-0.3, -0.25) is 0 Å². The van der Waals surface area contributed by atoms with Gasteiger partial charge in [0.05, 0.1) is 0 Å². The maximum atomic E-state index is 5.98. The molecule has 0 saturated heterocycles. The van der Waals surface area contributed by atoms with E-state index in [-0.39, 0.29) is 0 Å². The van der Waals surface area contributed by atoms with Gasteiger partial charge in [0.1, 0.15) is 0 Å². The molecular formula is C14H30N2. The zero-order valence-electron chi connectivity index (χ0n) is 11.6. The molecular weight excluding hydrogens is 196 g/mol. The molecule has 0 aromatic rings. The van der Waals surface area contributed by atoms with Crippen LogP contribution in [-0.4, -0.2) is 31.1 Å². The van der Waals surface area contributed by atoms with E-state index in [9.17, 15) is 0 Å². The van der Waals surface area contributed by atoms with Crippen LogP contribution in [0.5, 0.6) is 0 Å². The molecule has 0 spiro atoms. The number of hydrogen-bond donors (Lipinski definition) is 1. The van der Waals surface area contributed by atoms with Gasteiger partial charge in [-0.2, -0.15) is 0 Å². The van der Waals surface area contributed by atoms with Gasteiger partial charge in [-0.25, -0.2) is 0 Å². The molecule has 2 N–H and O–H groups in total. The molecule has 1 aliphatic carbocycles. The second-order valence-corrected chi connectivity index (χ2v) is 6.68.